The zero-order valence-corrected chi connectivity index (χ0v) is 14.4. The molecule has 126 valence electrons. The molecule has 1 fully saturated rings. The highest BCUT2D eigenvalue weighted by molar-refractivity contribution is 8.18. The van der Waals surface area contributed by atoms with E-state index in [1.54, 1.807) is 17.0 Å². The van der Waals surface area contributed by atoms with Crippen LogP contribution < -0.4 is 0 Å². The molecule has 0 spiro atoms. The number of benzene rings is 2. The van der Waals surface area contributed by atoms with Crippen LogP contribution in [0.2, 0.25) is 0 Å². The fourth-order valence-electron chi connectivity index (χ4n) is 2.39. The van der Waals surface area contributed by atoms with E-state index in [0.29, 0.717) is 22.3 Å². The number of hydrogen-bond donors (Lipinski definition) is 1. The van der Waals surface area contributed by atoms with Gasteiger partial charge in [0.15, 0.2) is 5.17 Å². The number of aliphatic imine (C=N–C) groups is 1. The second-order valence-electron chi connectivity index (χ2n) is 5.32. The summed E-state index contributed by atoms with van der Waals surface area (Å²) in [4.78, 5) is 30.3. The van der Waals surface area contributed by atoms with Gasteiger partial charge < -0.3 is 5.11 Å². The van der Waals surface area contributed by atoms with E-state index in [1.165, 1.54) is 23.9 Å². The molecule has 0 atom stereocenters. The Hall–Kier alpha value is -2.86. The second-order valence-corrected chi connectivity index (χ2v) is 6.33. The third-order valence-electron chi connectivity index (χ3n) is 3.62. The highest BCUT2D eigenvalue weighted by atomic mass is 32.2. The van der Waals surface area contributed by atoms with E-state index in [4.69, 9.17) is 5.11 Å². The molecule has 25 heavy (non-hydrogen) atoms. The van der Waals surface area contributed by atoms with Gasteiger partial charge in [-0.2, -0.15) is 0 Å². The van der Waals surface area contributed by atoms with Gasteiger partial charge >= 0.3 is 5.97 Å². The Bertz CT molecular complexity index is 875. The minimum absolute atomic E-state index is 0.0931. The summed E-state index contributed by atoms with van der Waals surface area (Å²) >= 11 is 1.30. The fraction of sp³-hybridized carbons (Fsp3) is 0.105. The number of hydrogen-bond acceptors (Lipinski definition) is 4. The van der Waals surface area contributed by atoms with Crippen molar-refractivity contribution in [3.05, 3.63) is 70.6 Å². The van der Waals surface area contributed by atoms with Crippen LogP contribution in [0.1, 0.15) is 22.8 Å². The lowest BCUT2D eigenvalue weighted by atomic mass is 10.2. The molecule has 2 aromatic carbocycles. The molecular formula is C19H16N2O3S. The van der Waals surface area contributed by atoms with E-state index in [-0.39, 0.29) is 11.5 Å². The van der Waals surface area contributed by atoms with E-state index >= 15 is 0 Å². The van der Waals surface area contributed by atoms with E-state index in [9.17, 15) is 9.59 Å². The molecule has 3 rings (SSSR count). The lowest BCUT2D eigenvalue weighted by molar-refractivity contribution is -0.122. The number of carboxylic acids is 1. The van der Waals surface area contributed by atoms with Gasteiger partial charge in [0.25, 0.3) is 5.91 Å². The van der Waals surface area contributed by atoms with E-state index in [0.717, 1.165) is 5.56 Å². The molecule has 1 N–H and O–H groups in total. The Morgan fingerprint density at radius 1 is 1.20 bits per heavy atom. The van der Waals surface area contributed by atoms with E-state index in [1.807, 2.05) is 43.3 Å². The summed E-state index contributed by atoms with van der Waals surface area (Å²) in [5, 5.41) is 9.64. The van der Waals surface area contributed by atoms with Crippen LogP contribution in [0.25, 0.3) is 6.08 Å². The van der Waals surface area contributed by atoms with E-state index in [2.05, 4.69) is 4.99 Å². The number of carbonyl (C=O) groups is 2. The van der Waals surface area contributed by atoms with Gasteiger partial charge in [0.1, 0.15) is 0 Å². The quantitative estimate of drug-likeness (QED) is 0.844. The van der Waals surface area contributed by atoms with Crippen molar-refractivity contribution in [2.24, 2.45) is 4.99 Å². The minimum atomic E-state index is -1.01. The smallest absolute Gasteiger partial charge is 0.335 e. The SMILES string of the molecule is CCN1C(=O)/C(=C/c2ccccc2)SC1=Nc1cccc(C(=O)O)c1. The molecule has 1 heterocycles. The number of amides is 1. The lowest BCUT2D eigenvalue weighted by Gasteiger charge is -2.12. The summed E-state index contributed by atoms with van der Waals surface area (Å²) < 4.78 is 0. The summed E-state index contributed by atoms with van der Waals surface area (Å²) in [6, 6.07) is 16.0. The van der Waals surface area contributed by atoms with Crippen LogP contribution in [0.5, 0.6) is 0 Å². The second kappa shape index (κ2) is 7.36. The Morgan fingerprint density at radius 3 is 2.64 bits per heavy atom. The zero-order valence-electron chi connectivity index (χ0n) is 13.5. The van der Waals surface area contributed by atoms with Gasteiger partial charge in [0, 0.05) is 6.54 Å². The third kappa shape index (κ3) is 3.80. The largest absolute Gasteiger partial charge is 0.478 e. The molecule has 6 heteroatoms. The molecule has 1 amide bonds. The maximum atomic E-state index is 12.6. The molecular weight excluding hydrogens is 336 g/mol. The van der Waals surface area contributed by atoms with Crippen LogP contribution in [-0.2, 0) is 4.79 Å². The number of thioether (sulfide) groups is 1. The predicted molar refractivity (Wildman–Crippen MR) is 99.9 cm³/mol. The van der Waals surface area contributed by atoms with Crippen molar-refractivity contribution >= 4 is 40.6 Å². The number of aromatic carboxylic acids is 1. The number of nitrogens with zero attached hydrogens (tertiary/aromatic N) is 2. The van der Waals surface area contributed by atoms with Crippen LogP contribution in [0.3, 0.4) is 0 Å². The molecule has 0 aliphatic carbocycles. The first-order chi connectivity index (χ1) is 12.1. The molecule has 0 bridgehead atoms. The number of rotatable bonds is 4. The van der Waals surface area contributed by atoms with Crippen LogP contribution >= 0.6 is 11.8 Å². The number of carboxylic acid groups (broad SMARTS) is 1. The predicted octanol–water partition coefficient (Wildman–Crippen LogP) is 4.01. The monoisotopic (exact) mass is 352 g/mol. The molecule has 0 aromatic heterocycles. The van der Waals surface area contributed by atoms with Crippen molar-refractivity contribution in [3.63, 3.8) is 0 Å². The Morgan fingerprint density at radius 2 is 1.96 bits per heavy atom. The summed E-state index contributed by atoms with van der Waals surface area (Å²) in [6.07, 6.45) is 1.84. The van der Waals surface area contributed by atoms with E-state index < -0.39 is 5.97 Å². The van der Waals surface area contributed by atoms with Crippen LogP contribution in [0.15, 0.2) is 64.5 Å². The normalized spacial score (nSPS) is 17.5. The number of amidine groups is 1. The van der Waals surface area contributed by atoms with Gasteiger partial charge in [0.05, 0.1) is 16.2 Å². The summed E-state index contributed by atoms with van der Waals surface area (Å²) in [7, 11) is 0. The number of likely N-dealkylation sites (N-methyl/N-ethyl adjacent to an activating group) is 1. The van der Waals surface area contributed by atoms with Crippen LogP contribution in [0.4, 0.5) is 5.69 Å². The van der Waals surface area contributed by atoms with Crippen molar-refractivity contribution in [2.45, 2.75) is 6.92 Å². The van der Waals surface area contributed by atoms with Gasteiger partial charge in [-0.1, -0.05) is 36.4 Å². The Labute approximate surface area is 149 Å². The first-order valence-corrected chi connectivity index (χ1v) is 8.58. The molecule has 1 aliphatic heterocycles. The fourth-order valence-corrected chi connectivity index (χ4v) is 3.45. The van der Waals surface area contributed by atoms with Gasteiger partial charge in [0.2, 0.25) is 0 Å². The highest BCUT2D eigenvalue weighted by Gasteiger charge is 2.32. The zero-order chi connectivity index (χ0) is 17.8. The van der Waals surface area contributed by atoms with Crippen molar-refractivity contribution in [1.29, 1.82) is 0 Å². The molecule has 0 unspecified atom stereocenters. The average Bonchev–Trinajstić information content (AvgIpc) is 2.90. The lowest BCUT2D eigenvalue weighted by Crippen LogP contribution is -2.28. The Kier molecular flexibility index (Phi) is 5.00. The summed E-state index contributed by atoms with van der Waals surface area (Å²) in [6.45, 7) is 2.38. The van der Waals surface area contributed by atoms with Crippen molar-refractivity contribution in [2.75, 3.05) is 6.54 Å². The third-order valence-corrected chi connectivity index (χ3v) is 4.63. The van der Waals surface area contributed by atoms with Gasteiger partial charge in [-0.3, -0.25) is 9.69 Å². The molecule has 0 radical (unpaired) electrons. The van der Waals surface area contributed by atoms with Crippen LogP contribution in [0, 0.1) is 0 Å². The first kappa shape index (κ1) is 17.0. The topological polar surface area (TPSA) is 70.0 Å². The maximum absolute atomic E-state index is 12.6. The van der Waals surface area contributed by atoms with Gasteiger partial charge in [-0.05, 0) is 48.5 Å². The molecule has 0 saturated carbocycles. The molecule has 1 aliphatic rings. The molecule has 2 aromatic rings. The highest BCUT2D eigenvalue weighted by Crippen LogP contribution is 2.34. The summed E-state index contributed by atoms with van der Waals surface area (Å²) in [5.41, 5.74) is 1.62. The van der Waals surface area contributed by atoms with Crippen molar-refractivity contribution < 1.29 is 14.7 Å². The minimum Gasteiger partial charge on any atom is -0.478 e. The van der Waals surface area contributed by atoms with Gasteiger partial charge in [-0.25, -0.2) is 9.79 Å². The van der Waals surface area contributed by atoms with Crippen molar-refractivity contribution in [1.82, 2.24) is 4.90 Å². The van der Waals surface area contributed by atoms with Crippen molar-refractivity contribution in [3.8, 4) is 0 Å². The molecule has 5 nitrogen and oxygen atoms in total. The first-order valence-electron chi connectivity index (χ1n) is 7.77. The molecule has 1 saturated heterocycles. The Balaban J connectivity index is 1.94. The average molecular weight is 352 g/mol. The van der Waals surface area contributed by atoms with Crippen LogP contribution in [-0.4, -0.2) is 33.6 Å². The maximum Gasteiger partial charge on any atom is 0.335 e. The number of carbonyl (C=O) groups excluding carboxylic acids is 1. The van der Waals surface area contributed by atoms with Gasteiger partial charge in [-0.15, -0.1) is 0 Å². The summed E-state index contributed by atoms with van der Waals surface area (Å²) in [5.74, 6) is -1.10. The standard InChI is InChI=1S/C19H16N2O3S/c1-2-21-17(22)16(11-13-7-4-3-5-8-13)25-19(21)20-15-10-6-9-14(12-15)18(23)24/h3-12H,2H2,1H3,(H,23,24)/b16-11-,20-19?.